The number of carboxylic acid groups (broad SMARTS) is 1. The molecule has 34 heavy (non-hydrogen) atoms. The number of H-pyrrole nitrogens is 1. The maximum atomic E-state index is 11.4. The Morgan fingerprint density at radius 3 is 2.53 bits per heavy atom. The van der Waals surface area contributed by atoms with E-state index in [2.05, 4.69) is 45.8 Å². The maximum absolute atomic E-state index is 11.4. The predicted octanol–water partition coefficient (Wildman–Crippen LogP) is 2.49. The van der Waals surface area contributed by atoms with Gasteiger partial charge in [0.15, 0.2) is 5.13 Å². The Kier molecular flexibility index (Phi) is 5.86. The van der Waals surface area contributed by atoms with Gasteiger partial charge in [-0.3, -0.25) is 5.32 Å². The summed E-state index contributed by atoms with van der Waals surface area (Å²) in [5.41, 5.74) is 2.79. The summed E-state index contributed by atoms with van der Waals surface area (Å²) in [4.78, 5) is 27.3. The Hall–Kier alpha value is -3.97. The summed E-state index contributed by atoms with van der Waals surface area (Å²) in [6.45, 7) is 3.00. The molecular formula is C21H21N9O3S. The van der Waals surface area contributed by atoms with Crippen molar-refractivity contribution in [3.8, 4) is 22.6 Å². The molecule has 0 unspecified atom stereocenters. The number of aliphatic hydroxyl groups is 1. The second-order valence-electron chi connectivity index (χ2n) is 7.83. The molecule has 3 aromatic heterocycles. The monoisotopic (exact) mass is 479 g/mol. The number of carbonyl (C=O) groups is 1. The first-order valence-corrected chi connectivity index (χ1v) is 11.4. The van der Waals surface area contributed by atoms with Crippen molar-refractivity contribution in [1.82, 2.24) is 35.6 Å². The molecule has 0 bridgehead atoms. The van der Waals surface area contributed by atoms with E-state index in [1.54, 1.807) is 6.92 Å². The average Bonchev–Trinajstić information content (AvgIpc) is 3.49. The van der Waals surface area contributed by atoms with E-state index < -0.39 is 5.97 Å². The summed E-state index contributed by atoms with van der Waals surface area (Å²) >= 11 is 1.04. The number of rotatable bonds is 6. The van der Waals surface area contributed by atoms with Gasteiger partial charge >= 0.3 is 5.97 Å². The minimum atomic E-state index is -1.02. The van der Waals surface area contributed by atoms with Crippen LogP contribution < -0.4 is 10.2 Å². The number of aryl methyl sites for hydroxylation is 1. The van der Waals surface area contributed by atoms with Gasteiger partial charge in [-0.05, 0) is 25.0 Å². The minimum absolute atomic E-state index is 0.168. The van der Waals surface area contributed by atoms with Gasteiger partial charge in [0.25, 0.3) is 0 Å². The molecule has 1 aromatic carbocycles. The third kappa shape index (κ3) is 4.56. The number of aromatic amines is 1. The number of aliphatic hydroxyl groups excluding tert-OH is 1. The lowest BCUT2D eigenvalue weighted by Crippen LogP contribution is -2.36. The zero-order chi connectivity index (χ0) is 23.7. The highest BCUT2D eigenvalue weighted by Gasteiger charge is 2.21. The van der Waals surface area contributed by atoms with Crippen LogP contribution in [0.3, 0.4) is 0 Å². The Morgan fingerprint density at radius 1 is 1.15 bits per heavy atom. The summed E-state index contributed by atoms with van der Waals surface area (Å²) in [6.07, 6.45) is 1.02. The molecule has 4 heterocycles. The molecule has 0 atom stereocenters. The molecule has 1 saturated heterocycles. The third-order valence-corrected chi connectivity index (χ3v) is 6.56. The van der Waals surface area contributed by atoms with Crippen molar-refractivity contribution in [3.63, 3.8) is 0 Å². The van der Waals surface area contributed by atoms with Crippen molar-refractivity contribution in [2.24, 2.45) is 0 Å². The number of anilines is 3. The number of piperidine rings is 1. The van der Waals surface area contributed by atoms with Crippen molar-refractivity contribution in [3.05, 3.63) is 40.9 Å². The molecule has 0 aliphatic carbocycles. The number of hydrogen-bond acceptors (Lipinski definition) is 11. The van der Waals surface area contributed by atoms with E-state index in [-0.39, 0.29) is 11.0 Å². The zero-order valence-corrected chi connectivity index (χ0v) is 19.0. The first kappa shape index (κ1) is 21.9. The third-order valence-electron chi connectivity index (χ3n) is 5.49. The maximum Gasteiger partial charge on any atom is 0.347 e. The first-order valence-electron chi connectivity index (χ1n) is 10.6. The molecule has 0 amide bonds. The van der Waals surface area contributed by atoms with Crippen LogP contribution in [0.25, 0.3) is 22.6 Å². The van der Waals surface area contributed by atoms with Crippen LogP contribution >= 0.6 is 11.3 Å². The highest BCUT2D eigenvalue weighted by atomic mass is 32.1. The van der Waals surface area contributed by atoms with Crippen molar-refractivity contribution in [2.75, 3.05) is 23.3 Å². The molecule has 1 fully saturated rings. The van der Waals surface area contributed by atoms with Gasteiger partial charge in [-0.25, -0.2) is 14.8 Å². The average molecular weight is 480 g/mol. The lowest BCUT2D eigenvalue weighted by Gasteiger charge is -2.30. The second-order valence-corrected chi connectivity index (χ2v) is 8.83. The summed E-state index contributed by atoms with van der Waals surface area (Å²) in [5, 5.41) is 36.7. The van der Waals surface area contributed by atoms with Crippen molar-refractivity contribution >= 4 is 34.2 Å². The molecule has 0 radical (unpaired) electrons. The molecule has 4 aromatic rings. The molecule has 1 aliphatic rings. The highest BCUT2D eigenvalue weighted by molar-refractivity contribution is 7.17. The summed E-state index contributed by atoms with van der Waals surface area (Å²) in [5.74, 6) is 0.504. The number of carboxylic acids is 1. The number of aromatic carboxylic acids is 1. The van der Waals surface area contributed by atoms with Crippen LogP contribution in [0, 0.1) is 6.92 Å². The van der Waals surface area contributed by atoms with Gasteiger partial charge < -0.3 is 15.1 Å². The highest BCUT2D eigenvalue weighted by Crippen LogP contribution is 2.30. The Morgan fingerprint density at radius 2 is 1.88 bits per heavy atom. The van der Waals surface area contributed by atoms with Gasteiger partial charge in [0, 0.05) is 30.3 Å². The van der Waals surface area contributed by atoms with Gasteiger partial charge in [0.1, 0.15) is 10.7 Å². The number of benzene rings is 1. The molecule has 0 saturated carbocycles. The van der Waals surface area contributed by atoms with Crippen molar-refractivity contribution < 1.29 is 15.0 Å². The van der Waals surface area contributed by atoms with Crippen LogP contribution in [0.4, 0.5) is 16.9 Å². The van der Waals surface area contributed by atoms with Crippen molar-refractivity contribution in [2.45, 2.75) is 25.9 Å². The van der Waals surface area contributed by atoms with Gasteiger partial charge in [0.2, 0.25) is 11.8 Å². The van der Waals surface area contributed by atoms with Crippen LogP contribution in [0.2, 0.25) is 0 Å². The summed E-state index contributed by atoms with van der Waals surface area (Å²) in [7, 11) is 0. The number of thiazole rings is 1. The van der Waals surface area contributed by atoms with E-state index in [0.717, 1.165) is 22.5 Å². The molecule has 174 valence electrons. The van der Waals surface area contributed by atoms with Crippen LogP contribution in [0.1, 0.15) is 28.2 Å². The van der Waals surface area contributed by atoms with E-state index in [4.69, 9.17) is 0 Å². The van der Waals surface area contributed by atoms with Gasteiger partial charge in [0.05, 0.1) is 17.5 Å². The number of tetrazole rings is 1. The standard InChI is InChI=1S/C21H21N9O3S/c1-11-17(19(32)33)34-21(22-11)25-20-23-15(10-16(24-20)30-8-6-14(31)7-9-30)12-2-4-13(5-3-12)18-26-28-29-27-18/h2-5,10,14,31H,6-9H2,1H3,(H,32,33)(H,22,23,24,25)(H,26,27,28,29). The topological polar surface area (TPSA) is 166 Å². The molecular weight excluding hydrogens is 458 g/mol. The lowest BCUT2D eigenvalue weighted by atomic mass is 10.1. The fraction of sp³-hybridized carbons (Fsp3) is 0.286. The quantitative estimate of drug-likeness (QED) is 0.321. The minimum Gasteiger partial charge on any atom is -0.477 e. The van der Waals surface area contributed by atoms with E-state index in [9.17, 15) is 15.0 Å². The smallest absolute Gasteiger partial charge is 0.347 e. The molecule has 0 spiro atoms. The molecule has 5 rings (SSSR count). The molecule has 1 aliphatic heterocycles. The molecule has 12 nitrogen and oxygen atoms in total. The molecule has 4 N–H and O–H groups in total. The number of aromatic nitrogens is 7. The Balaban J connectivity index is 1.49. The Labute approximate surface area is 197 Å². The lowest BCUT2D eigenvalue weighted by molar-refractivity contribution is 0.0701. The zero-order valence-electron chi connectivity index (χ0n) is 18.1. The summed E-state index contributed by atoms with van der Waals surface area (Å²) in [6, 6.07) is 9.50. The van der Waals surface area contributed by atoms with Gasteiger partial charge in [-0.2, -0.15) is 10.2 Å². The number of nitrogens with zero attached hydrogens (tertiary/aromatic N) is 7. The summed E-state index contributed by atoms with van der Waals surface area (Å²) < 4.78 is 0. The molecule has 13 heteroatoms. The number of hydrogen-bond donors (Lipinski definition) is 4. The van der Waals surface area contributed by atoms with E-state index in [1.165, 1.54) is 0 Å². The van der Waals surface area contributed by atoms with Crippen molar-refractivity contribution in [1.29, 1.82) is 0 Å². The van der Waals surface area contributed by atoms with E-state index >= 15 is 0 Å². The van der Waals surface area contributed by atoms with Crippen LogP contribution in [0.5, 0.6) is 0 Å². The fourth-order valence-corrected chi connectivity index (χ4v) is 4.51. The van der Waals surface area contributed by atoms with Crippen LogP contribution in [-0.2, 0) is 0 Å². The Bertz CT molecular complexity index is 1300. The number of nitrogens with one attached hydrogen (secondary N) is 2. The van der Waals surface area contributed by atoms with Crippen LogP contribution in [-0.4, -0.2) is 71.0 Å². The second kappa shape index (κ2) is 9.11. The predicted molar refractivity (Wildman–Crippen MR) is 125 cm³/mol. The fourth-order valence-electron chi connectivity index (χ4n) is 3.71. The SMILES string of the molecule is Cc1nc(Nc2nc(-c3ccc(-c4nn[nH]n4)cc3)cc(N3CCC(O)CC3)n2)sc1C(=O)O. The first-order chi connectivity index (χ1) is 16.5. The van der Waals surface area contributed by atoms with E-state index in [0.29, 0.717) is 60.0 Å². The largest absolute Gasteiger partial charge is 0.477 e. The normalized spacial score (nSPS) is 14.4. The van der Waals surface area contributed by atoms with Crippen LogP contribution in [0.15, 0.2) is 30.3 Å². The van der Waals surface area contributed by atoms with Gasteiger partial charge in [-0.15, -0.1) is 10.2 Å². The van der Waals surface area contributed by atoms with Gasteiger partial charge in [-0.1, -0.05) is 35.6 Å². The van der Waals surface area contributed by atoms with E-state index in [1.807, 2.05) is 30.3 Å².